The van der Waals surface area contributed by atoms with E-state index in [0.29, 0.717) is 11.1 Å². The summed E-state index contributed by atoms with van der Waals surface area (Å²) in [6.07, 6.45) is -5.73. The monoisotopic (exact) mass is 361 g/mol. The molecule has 0 spiro atoms. The molecule has 0 aromatic carbocycles. The molecule has 0 fully saturated rings. The fourth-order valence-electron chi connectivity index (χ4n) is 2.17. The molecule has 0 N–H and O–H groups in total. The summed E-state index contributed by atoms with van der Waals surface area (Å²) in [5.74, 6) is -0.234. The molecule has 3 aromatic heterocycles. The van der Waals surface area contributed by atoms with Gasteiger partial charge < -0.3 is 4.74 Å². The van der Waals surface area contributed by atoms with Gasteiger partial charge in [0.2, 0.25) is 5.88 Å². The topological polar surface area (TPSA) is 39.4 Å². The number of fused-ring (bicyclic) bond motifs is 1. The van der Waals surface area contributed by atoms with Crippen molar-refractivity contribution in [3.05, 3.63) is 48.4 Å². The zero-order chi connectivity index (χ0) is 18.2. The van der Waals surface area contributed by atoms with Crippen LogP contribution in [0.3, 0.4) is 0 Å². The molecular formula is C15H9F6N3O. The van der Waals surface area contributed by atoms with Gasteiger partial charge in [-0.05, 0) is 23.8 Å². The largest absolute Gasteiger partial charge is 0.468 e. The normalized spacial score (nSPS) is 12.6. The lowest BCUT2D eigenvalue weighted by molar-refractivity contribution is -0.154. The van der Waals surface area contributed by atoms with Gasteiger partial charge in [0.1, 0.15) is 5.56 Å². The Morgan fingerprint density at radius 2 is 1.72 bits per heavy atom. The van der Waals surface area contributed by atoms with Crippen molar-refractivity contribution >= 4 is 5.52 Å². The van der Waals surface area contributed by atoms with Gasteiger partial charge in [-0.2, -0.15) is 31.4 Å². The van der Waals surface area contributed by atoms with Crippen LogP contribution >= 0.6 is 0 Å². The maximum absolute atomic E-state index is 12.9. The van der Waals surface area contributed by atoms with Crippen LogP contribution in [0.2, 0.25) is 0 Å². The van der Waals surface area contributed by atoms with Crippen molar-refractivity contribution in [2.75, 3.05) is 6.61 Å². The average Bonchev–Trinajstić information content (AvgIpc) is 2.96. The number of pyridine rings is 2. The van der Waals surface area contributed by atoms with Crippen molar-refractivity contribution in [1.29, 1.82) is 0 Å². The number of hydrogen-bond acceptors (Lipinski definition) is 3. The lowest BCUT2D eigenvalue weighted by Crippen LogP contribution is -2.19. The number of ether oxygens (including phenoxy) is 1. The molecule has 25 heavy (non-hydrogen) atoms. The minimum Gasteiger partial charge on any atom is -0.468 e. The zero-order valence-electron chi connectivity index (χ0n) is 12.3. The van der Waals surface area contributed by atoms with Crippen molar-refractivity contribution in [3.63, 3.8) is 0 Å². The van der Waals surface area contributed by atoms with Crippen molar-refractivity contribution < 1.29 is 31.1 Å². The summed E-state index contributed by atoms with van der Waals surface area (Å²) < 4.78 is 80.7. The van der Waals surface area contributed by atoms with Gasteiger partial charge >= 0.3 is 12.4 Å². The Bertz CT molecular complexity index is 883. The van der Waals surface area contributed by atoms with E-state index >= 15 is 0 Å². The molecule has 4 nitrogen and oxygen atoms in total. The highest BCUT2D eigenvalue weighted by molar-refractivity contribution is 5.70. The third-order valence-electron chi connectivity index (χ3n) is 3.28. The van der Waals surface area contributed by atoms with E-state index in [1.54, 1.807) is 0 Å². The zero-order valence-corrected chi connectivity index (χ0v) is 12.3. The molecule has 0 radical (unpaired) electrons. The van der Waals surface area contributed by atoms with Crippen LogP contribution < -0.4 is 4.74 Å². The number of hydrogen-bond donors (Lipinski definition) is 0. The lowest BCUT2D eigenvalue weighted by atomic mass is 10.1. The minimum absolute atomic E-state index is 0.137. The van der Waals surface area contributed by atoms with E-state index in [9.17, 15) is 26.3 Å². The van der Waals surface area contributed by atoms with E-state index in [4.69, 9.17) is 0 Å². The summed E-state index contributed by atoms with van der Waals surface area (Å²) in [5.41, 5.74) is -0.181. The van der Waals surface area contributed by atoms with E-state index in [2.05, 4.69) is 14.8 Å². The maximum atomic E-state index is 12.9. The molecule has 0 atom stereocenters. The average molecular weight is 361 g/mol. The Morgan fingerprint density at radius 3 is 2.32 bits per heavy atom. The Morgan fingerprint density at radius 1 is 0.960 bits per heavy atom. The summed E-state index contributed by atoms with van der Waals surface area (Å²) in [4.78, 5) is 3.73. The van der Waals surface area contributed by atoms with Gasteiger partial charge in [-0.25, -0.2) is 9.50 Å². The molecule has 10 heteroatoms. The molecule has 132 valence electrons. The molecule has 0 unspecified atom stereocenters. The molecule has 0 saturated heterocycles. The number of aromatic nitrogens is 3. The van der Waals surface area contributed by atoms with Gasteiger partial charge in [0.25, 0.3) is 0 Å². The Labute approximate surface area is 136 Å². The smallest absolute Gasteiger partial charge is 0.422 e. The summed E-state index contributed by atoms with van der Waals surface area (Å²) in [5, 5.41) is 3.64. The third kappa shape index (κ3) is 3.83. The second kappa shape index (κ2) is 5.94. The first kappa shape index (κ1) is 17.1. The fourth-order valence-corrected chi connectivity index (χ4v) is 2.17. The minimum atomic E-state index is -4.55. The Hall–Kier alpha value is -2.78. The van der Waals surface area contributed by atoms with Crippen molar-refractivity contribution in [1.82, 2.24) is 14.6 Å². The van der Waals surface area contributed by atoms with Crippen LogP contribution in [-0.4, -0.2) is 27.4 Å². The number of nitrogens with zero attached hydrogens (tertiary/aromatic N) is 3. The molecule has 0 aliphatic carbocycles. The second-order valence-corrected chi connectivity index (χ2v) is 5.09. The summed E-state index contributed by atoms with van der Waals surface area (Å²) in [6.45, 7) is -1.48. The lowest BCUT2D eigenvalue weighted by Gasteiger charge is -2.09. The number of rotatable bonds is 3. The van der Waals surface area contributed by atoms with Crippen LogP contribution in [0.4, 0.5) is 26.3 Å². The fraction of sp³-hybridized carbons (Fsp3) is 0.200. The number of halogens is 6. The van der Waals surface area contributed by atoms with E-state index in [1.165, 1.54) is 36.7 Å². The van der Waals surface area contributed by atoms with Crippen LogP contribution in [0.5, 0.6) is 5.88 Å². The van der Waals surface area contributed by atoms with Crippen LogP contribution in [0, 0.1) is 0 Å². The van der Waals surface area contributed by atoms with E-state index < -0.39 is 24.5 Å². The molecule has 0 saturated carbocycles. The van der Waals surface area contributed by atoms with Gasteiger partial charge in [0, 0.05) is 24.0 Å². The first-order valence-corrected chi connectivity index (χ1v) is 6.84. The second-order valence-electron chi connectivity index (χ2n) is 5.09. The number of alkyl halides is 6. The van der Waals surface area contributed by atoms with Gasteiger partial charge in [-0.15, -0.1) is 0 Å². The standard InChI is InChI=1S/C15H9F6N3O/c16-14(17,18)8-25-13-2-1-10(6-22-13)9-3-4-24-12(5-9)11(7-23-24)15(19,20)21/h1-7H,8H2. The van der Waals surface area contributed by atoms with Crippen molar-refractivity contribution in [2.45, 2.75) is 12.4 Å². The summed E-state index contributed by atoms with van der Waals surface area (Å²) >= 11 is 0. The van der Waals surface area contributed by atoms with Gasteiger partial charge in [-0.3, -0.25) is 0 Å². The first-order valence-electron chi connectivity index (χ1n) is 6.84. The third-order valence-corrected chi connectivity index (χ3v) is 3.28. The Kier molecular flexibility index (Phi) is 4.05. The quantitative estimate of drug-likeness (QED) is 0.651. The molecule has 0 amide bonds. The van der Waals surface area contributed by atoms with E-state index in [1.807, 2.05) is 0 Å². The highest BCUT2D eigenvalue weighted by Gasteiger charge is 2.34. The predicted molar refractivity (Wildman–Crippen MR) is 75.0 cm³/mol. The van der Waals surface area contributed by atoms with Crippen LogP contribution in [0.25, 0.3) is 16.6 Å². The molecule has 0 aliphatic rings. The van der Waals surface area contributed by atoms with Crippen LogP contribution in [0.1, 0.15) is 5.56 Å². The van der Waals surface area contributed by atoms with Crippen LogP contribution in [0.15, 0.2) is 42.9 Å². The summed E-state index contributed by atoms with van der Waals surface area (Å²) in [7, 11) is 0. The summed E-state index contributed by atoms with van der Waals surface area (Å²) in [6, 6.07) is 5.43. The SMILES string of the molecule is FC(F)(F)COc1ccc(-c2ccn3ncc(C(F)(F)F)c3c2)cn1. The van der Waals surface area contributed by atoms with Gasteiger partial charge in [0.15, 0.2) is 6.61 Å². The first-order chi connectivity index (χ1) is 11.6. The maximum Gasteiger partial charge on any atom is 0.422 e. The molecule has 0 bridgehead atoms. The van der Waals surface area contributed by atoms with Crippen molar-refractivity contribution in [2.24, 2.45) is 0 Å². The molecule has 3 rings (SSSR count). The Balaban J connectivity index is 1.89. The van der Waals surface area contributed by atoms with Crippen LogP contribution in [-0.2, 0) is 6.18 Å². The molecule has 3 heterocycles. The molecular weight excluding hydrogens is 352 g/mol. The van der Waals surface area contributed by atoms with E-state index in [0.717, 1.165) is 10.7 Å². The molecule has 3 aromatic rings. The van der Waals surface area contributed by atoms with Gasteiger partial charge in [0.05, 0.1) is 11.7 Å². The highest BCUT2D eigenvalue weighted by atomic mass is 19.4. The predicted octanol–water partition coefficient (Wildman–Crippen LogP) is 4.36. The van der Waals surface area contributed by atoms with Gasteiger partial charge in [-0.1, -0.05) is 0 Å². The van der Waals surface area contributed by atoms with E-state index in [-0.39, 0.29) is 11.4 Å². The molecule has 0 aliphatic heterocycles. The highest BCUT2D eigenvalue weighted by Crippen LogP contribution is 2.33. The van der Waals surface area contributed by atoms with Crippen molar-refractivity contribution in [3.8, 4) is 17.0 Å².